The van der Waals surface area contributed by atoms with Gasteiger partial charge in [-0.05, 0) is 25.0 Å². The van der Waals surface area contributed by atoms with Gasteiger partial charge in [-0.1, -0.05) is 68.6 Å². The van der Waals surface area contributed by atoms with Crippen LogP contribution in [0.5, 0.6) is 0 Å². The van der Waals surface area contributed by atoms with Crippen LogP contribution in [0.15, 0.2) is 39.6 Å². The summed E-state index contributed by atoms with van der Waals surface area (Å²) < 4.78 is 5.78. The van der Waals surface area contributed by atoms with E-state index in [1.54, 1.807) is 11.3 Å². The average Bonchev–Trinajstić information content (AvgIpc) is 3.18. The van der Waals surface area contributed by atoms with Crippen molar-refractivity contribution in [2.75, 3.05) is 7.11 Å². The Hall–Kier alpha value is -1.20. The first-order valence-corrected chi connectivity index (χ1v) is 10.6. The van der Waals surface area contributed by atoms with Crippen LogP contribution in [0.2, 0.25) is 0 Å². The van der Waals surface area contributed by atoms with Crippen LogP contribution >= 0.6 is 27.3 Å². The van der Waals surface area contributed by atoms with Crippen molar-refractivity contribution in [1.29, 1.82) is 0 Å². The van der Waals surface area contributed by atoms with E-state index < -0.39 is 0 Å². The summed E-state index contributed by atoms with van der Waals surface area (Å²) in [5.41, 5.74) is 4.06. The second-order valence-electron chi connectivity index (χ2n) is 5.18. The van der Waals surface area contributed by atoms with E-state index in [-0.39, 0.29) is 11.9 Å². The van der Waals surface area contributed by atoms with Crippen LogP contribution in [-0.2, 0) is 9.53 Å². The third-order valence-electron chi connectivity index (χ3n) is 3.38. The summed E-state index contributed by atoms with van der Waals surface area (Å²) in [7, 11) is 1.46. The van der Waals surface area contributed by atoms with Crippen molar-refractivity contribution in [3.05, 3.63) is 39.6 Å². The molecule has 2 rings (SSSR count). The maximum Gasteiger partial charge on any atom is 0.308 e. The first-order chi connectivity index (χ1) is 12.1. The van der Waals surface area contributed by atoms with E-state index >= 15 is 0 Å². The smallest absolute Gasteiger partial charge is 0.308 e. The lowest BCUT2D eigenvalue weighted by molar-refractivity contribution is -0.145. The minimum absolute atomic E-state index is 0.0475. The zero-order valence-corrected chi connectivity index (χ0v) is 18.3. The minimum atomic E-state index is -0.0475. The van der Waals surface area contributed by atoms with E-state index in [0.29, 0.717) is 0 Å². The molecule has 0 aliphatic heterocycles. The van der Waals surface area contributed by atoms with Gasteiger partial charge < -0.3 is 4.74 Å². The lowest BCUT2D eigenvalue weighted by atomic mass is 9.99. The van der Waals surface area contributed by atoms with Gasteiger partial charge in [0.25, 0.3) is 0 Å². The van der Waals surface area contributed by atoms with Gasteiger partial charge in [0.1, 0.15) is 0 Å². The van der Waals surface area contributed by atoms with E-state index in [9.17, 15) is 4.79 Å². The van der Waals surface area contributed by atoms with Gasteiger partial charge in [0.15, 0.2) is 0 Å². The Balaban J connectivity index is 0.000000422. The highest BCUT2D eigenvalue weighted by Gasteiger charge is 2.16. The molecular weight excluding hydrogens is 398 g/mol. The number of halogens is 1. The number of benzene rings is 1. The monoisotopic (exact) mass is 427 g/mol. The molecular formula is C20H30BrNO2S. The van der Waals surface area contributed by atoms with Gasteiger partial charge in [0, 0.05) is 15.4 Å². The van der Waals surface area contributed by atoms with Crippen molar-refractivity contribution >= 4 is 33.2 Å². The quantitative estimate of drug-likeness (QED) is 0.466. The number of nitrogens with zero attached hydrogens (tertiary/aromatic N) is 1. The molecule has 140 valence electrons. The number of carbonyl (C=O) groups is 1. The highest BCUT2D eigenvalue weighted by molar-refractivity contribution is 9.10. The summed E-state index contributed by atoms with van der Waals surface area (Å²) in [5, 5.41) is 2.04. The van der Waals surface area contributed by atoms with Crippen LogP contribution < -0.4 is 0 Å². The largest absolute Gasteiger partial charge is 0.469 e. The lowest BCUT2D eigenvalue weighted by Crippen LogP contribution is -2.15. The van der Waals surface area contributed by atoms with E-state index in [2.05, 4.69) is 51.6 Å². The lowest BCUT2D eigenvalue weighted by Gasteiger charge is -2.11. The summed E-state index contributed by atoms with van der Waals surface area (Å²) in [4.78, 5) is 15.3. The molecule has 1 aromatic heterocycles. The fourth-order valence-corrected chi connectivity index (χ4v) is 3.04. The van der Waals surface area contributed by atoms with Crippen LogP contribution in [0.25, 0.3) is 11.3 Å². The maximum atomic E-state index is 11.1. The van der Waals surface area contributed by atoms with Crippen LogP contribution in [0.4, 0.5) is 0 Å². The summed E-state index contributed by atoms with van der Waals surface area (Å²) in [6.45, 7) is 8.18. The van der Waals surface area contributed by atoms with E-state index in [0.717, 1.165) is 35.8 Å². The number of carbonyl (C=O) groups excluding carboxylic acids is 1. The fourth-order valence-electron chi connectivity index (χ4n) is 2.22. The van der Waals surface area contributed by atoms with Crippen LogP contribution in [0.3, 0.4) is 0 Å². The van der Waals surface area contributed by atoms with E-state index in [4.69, 9.17) is 0 Å². The molecule has 5 heteroatoms. The Morgan fingerprint density at radius 2 is 1.72 bits per heavy atom. The van der Waals surface area contributed by atoms with Gasteiger partial charge in [-0.3, -0.25) is 4.79 Å². The average molecular weight is 428 g/mol. The topological polar surface area (TPSA) is 39.2 Å². The third kappa shape index (κ3) is 9.75. The van der Waals surface area contributed by atoms with E-state index in [1.165, 1.54) is 12.7 Å². The third-order valence-corrected chi connectivity index (χ3v) is 4.50. The van der Waals surface area contributed by atoms with Crippen LogP contribution in [-0.4, -0.2) is 18.1 Å². The molecule has 0 aliphatic carbocycles. The minimum Gasteiger partial charge on any atom is -0.469 e. The molecule has 0 bridgehead atoms. The molecule has 2 aromatic rings. The number of rotatable bonds is 6. The van der Waals surface area contributed by atoms with Crippen molar-refractivity contribution in [2.24, 2.45) is 5.92 Å². The molecule has 0 saturated heterocycles. The van der Waals surface area contributed by atoms with Crippen molar-refractivity contribution < 1.29 is 9.53 Å². The maximum absolute atomic E-state index is 11.1. The van der Waals surface area contributed by atoms with Gasteiger partial charge in [0.2, 0.25) is 0 Å². The highest BCUT2D eigenvalue weighted by Crippen LogP contribution is 2.21. The molecule has 0 fully saturated rings. The van der Waals surface area contributed by atoms with Crippen molar-refractivity contribution in [3.63, 3.8) is 0 Å². The Morgan fingerprint density at radius 1 is 1.16 bits per heavy atom. The summed E-state index contributed by atoms with van der Waals surface area (Å²) in [6.07, 6.45) is 4.03. The molecule has 0 unspecified atom stereocenters. The Morgan fingerprint density at radius 3 is 2.12 bits per heavy atom. The molecule has 25 heavy (non-hydrogen) atoms. The molecule has 1 heterocycles. The molecule has 0 aliphatic rings. The van der Waals surface area contributed by atoms with Gasteiger partial charge in [-0.15, -0.1) is 11.3 Å². The van der Waals surface area contributed by atoms with Crippen molar-refractivity contribution in [2.45, 2.75) is 53.4 Å². The number of hydrogen-bond acceptors (Lipinski definition) is 4. The predicted octanol–water partition coefficient (Wildman–Crippen LogP) is 6.97. The molecule has 0 N–H and O–H groups in total. The van der Waals surface area contributed by atoms with Crippen LogP contribution in [0, 0.1) is 5.92 Å². The first-order valence-electron chi connectivity index (χ1n) is 8.84. The summed E-state index contributed by atoms with van der Waals surface area (Å²) >= 11 is 5.01. The standard InChI is InChI=1S/C9H6BrNS.C9H18O2.C2H6/c10-8-3-1-7(2-4-8)9-5-12-6-11-9;1-4-6-8(7-5-2)9(10)11-3;1-2/h1-6H;8H,4-7H2,1-3H3;1-2H3. The molecule has 1 aromatic carbocycles. The fraction of sp³-hybridized carbons (Fsp3) is 0.500. The molecule has 3 nitrogen and oxygen atoms in total. The summed E-state index contributed by atoms with van der Waals surface area (Å²) in [6, 6.07) is 8.15. The number of thiazole rings is 1. The zero-order valence-electron chi connectivity index (χ0n) is 15.9. The molecule has 0 amide bonds. The molecule has 0 radical (unpaired) electrons. The molecule has 0 saturated carbocycles. The Bertz CT molecular complexity index is 550. The number of hydrogen-bond donors (Lipinski definition) is 0. The SMILES string of the molecule is Brc1ccc(-c2cscn2)cc1.CC.CCCC(CCC)C(=O)OC. The Labute approximate surface area is 165 Å². The Kier molecular flexibility index (Phi) is 14.4. The van der Waals surface area contributed by atoms with Crippen molar-refractivity contribution in [1.82, 2.24) is 4.98 Å². The zero-order chi connectivity index (χ0) is 19.1. The van der Waals surface area contributed by atoms with E-state index in [1.807, 2.05) is 36.9 Å². The van der Waals surface area contributed by atoms with Crippen LogP contribution in [0.1, 0.15) is 53.4 Å². The van der Waals surface area contributed by atoms with Gasteiger partial charge in [0.05, 0.1) is 24.2 Å². The number of esters is 1. The second kappa shape index (κ2) is 15.1. The van der Waals surface area contributed by atoms with Gasteiger partial charge in [-0.2, -0.15) is 0 Å². The number of methoxy groups -OCH3 is 1. The number of ether oxygens (including phenoxy) is 1. The second-order valence-corrected chi connectivity index (χ2v) is 6.81. The normalized spacial score (nSPS) is 9.56. The highest BCUT2D eigenvalue weighted by atomic mass is 79.9. The summed E-state index contributed by atoms with van der Waals surface area (Å²) in [5.74, 6) is 0.0868. The van der Waals surface area contributed by atoms with Gasteiger partial charge >= 0.3 is 5.97 Å². The van der Waals surface area contributed by atoms with Crippen molar-refractivity contribution in [3.8, 4) is 11.3 Å². The first kappa shape index (κ1) is 23.8. The molecule has 0 spiro atoms. The number of aromatic nitrogens is 1. The van der Waals surface area contributed by atoms with Gasteiger partial charge in [-0.25, -0.2) is 4.98 Å². The predicted molar refractivity (Wildman–Crippen MR) is 112 cm³/mol. The molecule has 0 atom stereocenters.